The van der Waals surface area contributed by atoms with Gasteiger partial charge in [-0.2, -0.15) is 0 Å². The van der Waals surface area contributed by atoms with Crippen molar-refractivity contribution in [2.75, 3.05) is 40.3 Å². The van der Waals surface area contributed by atoms with Crippen LogP contribution in [0.1, 0.15) is 0 Å². The molecule has 0 aromatic rings. The van der Waals surface area contributed by atoms with E-state index in [-0.39, 0.29) is 12.3 Å². The first-order chi connectivity index (χ1) is 6.79. The third-order valence-electron chi connectivity index (χ3n) is 1.73. The molecule has 0 aliphatic carbocycles. The lowest BCUT2D eigenvalue weighted by Gasteiger charge is -2.28. The molecular formula is C12H32N4. The van der Waals surface area contributed by atoms with E-state index in [9.17, 15) is 0 Å². The van der Waals surface area contributed by atoms with Gasteiger partial charge in [0.2, 0.25) is 0 Å². The highest BCUT2D eigenvalue weighted by Gasteiger charge is 2.07. The van der Waals surface area contributed by atoms with Gasteiger partial charge in [-0.3, -0.25) is 0 Å². The van der Waals surface area contributed by atoms with E-state index in [4.69, 9.17) is 0 Å². The van der Waals surface area contributed by atoms with Crippen LogP contribution in [-0.2, 0) is 0 Å². The standard InChI is InChI=1S/C6H14N2.3C2H4.2H3N/c1-7-3-5-8(2)6-4-7;3*1-2;;/h3-6H2,1-2H3;3*1-2H2;2*1H3. The Balaban J connectivity index is -0.0000000445. The molecule has 0 radical (unpaired) electrons. The quantitative estimate of drug-likeness (QED) is 0.629. The van der Waals surface area contributed by atoms with Crippen molar-refractivity contribution >= 4 is 0 Å². The summed E-state index contributed by atoms with van der Waals surface area (Å²) in [6.07, 6.45) is 0. The molecule has 0 saturated carbocycles. The lowest BCUT2D eigenvalue weighted by atomic mass is 10.4. The molecule has 1 aliphatic heterocycles. The first-order valence-electron chi connectivity index (χ1n) is 4.66. The maximum absolute atomic E-state index is 3.00. The molecule has 0 atom stereocenters. The van der Waals surface area contributed by atoms with Crippen molar-refractivity contribution in [3.8, 4) is 0 Å². The summed E-state index contributed by atoms with van der Waals surface area (Å²) < 4.78 is 0. The molecule has 1 heterocycles. The highest BCUT2D eigenvalue weighted by molar-refractivity contribution is 4.64. The molecule has 0 amide bonds. The Morgan fingerprint density at radius 1 is 0.562 bits per heavy atom. The Kier molecular flexibility index (Phi) is 53.7. The predicted molar refractivity (Wildman–Crippen MR) is 78.8 cm³/mol. The topological polar surface area (TPSA) is 76.5 Å². The van der Waals surface area contributed by atoms with Crippen molar-refractivity contribution in [1.82, 2.24) is 22.1 Å². The van der Waals surface area contributed by atoms with E-state index in [2.05, 4.69) is 63.4 Å². The summed E-state index contributed by atoms with van der Waals surface area (Å²) in [6.45, 7) is 22.9. The van der Waals surface area contributed by atoms with Gasteiger partial charge in [-0.05, 0) is 14.1 Å². The number of hydrogen-bond acceptors (Lipinski definition) is 4. The summed E-state index contributed by atoms with van der Waals surface area (Å²) in [5.74, 6) is 0. The lowest BCUT2D eigenvalue weighted by molar-refractivity contribution is 0.181. The fourth-order valence-corrected chi connectivity index (χ4v) is 0.906. The zero-order valence-electron chi connectivity index (χ0n) is 11.4. The largest absolute Gasteiger partial charge is 0.344 e. The van der Waals surface area contributed by atoms with Crippen molar-refractivity contribution in [3.63, 3.8) is 0 Å². The van der Waals surface area contributed by atoms with Crippen molar-refractivity contribution in [2.45, 2.75) is 0 Å². The SMILES string of the molecule is C=C.C=C.C=C.CN1CCN(C)CC1.N.N. The predicted octanol–water partition coefficient (Wildman–Crippen LogP) is 2.59. The van der Waals surface area contributed by atoms with Crippen molar-refractivity contribution < 1.29 is 0 Å². The van der Waals surface area contributed by atoms with E-state index >= 15 is 0 Å². The minimum Gasteiger partial charge on any atom is -0.344 e. The maximum atomic E-state index is 3.00. The Morgan fingerprint density at radius 2 is 0.688 bits per heavy atom. The van der Waals surface area contributed by atoms with Crippen LogP contribution in [0.2, 0.25) is 0 Å². The molecule has 0 bridgehead atoms. The zero-order chi connectivity index (χ0) is 12.0. The van der Waals surface area contributed by atoms with E-state index < -0.39 is 0 Å². The highest BCUT2D eigenvalue weighted by Crippen LogP contribution is 1.93. The van der Waals surface area contributed by atoms with Crippen LogP contribution in [0.5, 0.6) is 0 Å². The fraction of sp³-hybridized carbons (Fsp3) is 0.500. The second-order valence-corrected chi connectivity index (χ2v) is 2.61. The first kappa shape index (κ1) is 29.4. The van der Waals surface area contributed by atoms with Gasteiger partial charge in [0.15, 0.2) is 0 Å². The van der Waals surface area contributed by atoms with Gasteiger partial charge in [0.05, 0.1) is 0 Å². The Hall–Kier alpha value is -0.940. The monoisotopic (exact) mass is 232 g/mol. The van der Waals surface area contributed by atoms with Crippen LogP contribution in [0.3, 0.4) is 0 Å². The molecule has 1 saturated heterocycles. The van der Waals surface area contributed by atoms with Crippen LogP contribution in [-0.4, -0.2) is 50.1 Å². The number of hydrogen-bond donors (Lipinski definition) is 2. The average molecular weight is 232 g/mol. The molecule has 0 unspecified atom stereocenters. The van der Waals surface area contributed by atoms with Gasteiger partial charge in [0, 0.05) is 26.2 Å². The third kappa shape index (κ3) is 23.1. The van der Waals surface area contributed by atoms with E-state index in [1.54, 1.807) is 0 Å². The van der Waals surface area contributed by atoms with Crippen molar-refractivity contribution in [3.05, 3.63) is 39.5 Å². The molecule has 16 heavy (non-hydrogen) atoms. The maximum Gasteiger partial charge on any atom is 0.0107 e. The van der Waals surface area contributed by atoms with E-state index in [1.807, 2.05) is 0 Å². The summed E-state index contributed by atoms with van der Waals surface area (Å²) in [5.41, 5.74) is 0. The minimum absolute atomic E-state index is 0. The molecule has 1 fully saturated rings. The van der Waals surface area contributed by atoms with Crippen LogP contribution in [0.25, 0.3) is 0 Å². The van der Waals surface area contributed by atoms with Gasteiger partial charge in [-0.15, -0.1) is 39.5 Å². The molecule has 100 valence electrons. The number of nitrogens with zero attached hydrogens (tertiary/aromatic N) is 2. The molecule has 0 spiro atoms. The molecule has 1 aliphatic rings. The fourth-order valence-electron chi connectivity index (χ4n) is 0.906. The summed E-state index contributed by atoms with van der Waals surface area (Å²) in [7, 11) is 4.35. The molecule has 4 heteroatoms. The normalized spacial score (nSPS) is 13.9. The molecule has 1 rings (SSSR count). The van der Waals surface area contributed by atoms with Gasteiger partial charge < -0.3 is 22.1 Å². The van der Waals surface area contributed by atoms with E-state index in [1.165, 1.54) is 26.2 Å². The number of likely N-dealkylation sites (N-methyl/N-ethyl adjacent to an activating group) is 2. The zero-order valence-corrected chi connectivity index (χ0v) is 11.4. The van der Waals surface area contributed by atoms with E-state index in [0.717, 1.165) is 0 Å². The Morgan fingerprint density at radius 3 is 0.812 bits per heavy atom. The summed E-state index contributed by atoms with van der Waals surface area (Å²) in [5, 5.41) is 0. The summed E-state index contributed by atoms with van der Waals surface area (Å²) in [6, 6.07) is 0. The molecule has 4 nitrogen and oxygen atoms in total. The Bertz CT molecular complexity index is 86.4. The Labute approximate surface area is 102 Å². The molecule has 6 N–H and O–H groups in total. The van der Waals surface area contributed by atoms with Crippen LogP contribution in [0, 0.1) is 0 Å². The van der Waals surface area contributed by atoms with Crippen LogP contribution in [0.15, 0.2) is 39.5 Å². The van der Waals surface area contributed by atoms with Crippen molar-refractivity contribution in [1.29, 1.82) is 0 Å². The van der Waals surface area contributed by atoms with Gasteiger partial charge in [0.25, 0.3) is 0 Å². The third-order valence-corrected chi connectivity index (χ3v) is 1.73. The smallest absolute Gasteiger partial charge is 0.0107 e. The number of piperazine rings is 1. The van der Waals surface area contributed by atoms with Gasteiger partial charge in [-0.25, -0.2) is 0 Å². The first-order valence-corrected chi connectivity index (χ1v) is 4.66. The second-order valence-electron chi connectivity index (χ2n) is 2.61. The van der Waals surface area contributed by atoms with Crippen LogP contribution < -0.4 is 12.3 Å². The van der Waals surface area contributed by atoms with Gasteiger partial charge in [-0.1, -0.05) is 0 Å². The average Bonchev–Trinajstić information content (AvgIpc) is 2.31. The van der Waals surface area contributed by atoms with Crippen molar-refractivity contribution in [2.24, 2.45) is 0 Å². The highest BCUT2D eigenvalue weighted by atomic mass is 15.2. The number of rotatable bonds is 0. The van der Waals surface area contributed by atoms with Gasteiger partial charge in [0.1, 0.15) is 0 Å². The summed E-state index contributed by atoms with van der Waals surface area (Å²) in [4.78, 5) is 4.72. The van der Waals surface area contributed by atoms with E-state index in [0.29, 0.717) is 0 Å². The molecule has 0 aromatic heterocycles. The minimum atomic E-state index is 0. The van der Waals surface area contributed by atoms with Gasteiger partial charge >= 0.3 is 0 Å². The molecule has 0 aromatic carbocycles. The van der Waals surface area contributed by atoms with Crippen LogP contribution in [0.4, 0.5) is 0 Å². The lowest BCUT2D eigenvalue weighted by Crippen LogP contribution is -2.42. The second kappa shape index (κ2) is 29.2. The summed E-state index contributed by atoms with van der Waals surface area (Å²) >= 11 is 0. The molecular weight excluding hydrogens is 200 g/mol. The van der Waals surface area contributed by atoms with Crippen LogP contribution >= 0.6 is 0 Å².